The van der Waals surface area contributed by atoms with Gasteiger partial charge in [0.2, 0.25) is 11.8 Å². The van der Waals surface area contributed by atoms with E-state index in [2.05, 4.69) is 0 Å². The van der Waals surface area contributed by atoms with Crippen LogP contribution in [0.3, 0.4) is 0 Å². The number of hydrogen-bond acceptors (Lipinski definition) is 4. The van der Waals surface area contributed by atoms with Crippen LogP contribution in [-0.4, -0.2) is 45.3 Å². The van der Waals surface area contributed by atoms with E-state index in [1.807, 2.05) is 6.92 Å². The molecule has 0 aliphatic carbocycles. The number of carboxylic acids is 1. The van der Waals surface area contributed by atoms with Crippen molar-refractivity contribution in [3.63, 3.8) is 0 Å². The molecule has 18 heavy (non-hydrogen) atoms. The first-order valence-electron chi connectivity index (χ1n) is 6.09. The molecule has 0 aromatic heterocycles. The monoisotopic (exact) mass is 273 g/mol. The largest absolute Gasteiger partial charge is 0.481 e. The van der Waals surface area contributed by atoms with Gasteiger partial charge < -0.3 is 5.11 Å². The first-order chi connectivity index (χ1) is 8.43. The molecule has 0 spiro atoms. The van der Waals surface area contributed by atoms with Crippen molar-refractivity contribution in [1.29, 1.82) is 0 Å². The fourth-order valence-corrected chi connectivity index (χ4v) is 2.70. The maximum Gasteiger partial charge on any atom is 0.306 e. The van der Waals surface area contributed by atoms with Crippen LogP contribution in [0.5, 0.6) is 0 Å². The van der Waals surface area contributed by atoms with Crippen molar-refractivity contribution >= 4 is 29.5 Å². The zero-order valence-corrected chi connectivity index (χ0v) is 11.5. The van der Waals surface area contributed by atoms with Gasteiger partial charge in [-0.25, -0.2) is 0 Å². The van der Waals surface area contributed by atoms with Gasteiger partial charge in [0, 0.05) is 6.04 Å². The zero-order chi connectivity index (χ0) is 13.7. The topological polar surface area (TPSA) is 74.7 Å². The van der Waals surface area contributed by atoms with E-state index in [0.29, 0.717) is 30.8 Å². The van der Waals surface area contributed by atoms with Crippen molar-refractivity contribution in [2.75, 3.05) is 11.5 Å². The summed E-state index contributed by atoms with van der Waals surface area (Å²) in [6.45, 7) is 3.51. The molecule has 0 saturated carbocycles. The zero-order valence-electron chi connectivity index (χ0n) is 10.7. The van der Waals surface area contributed by atoms with E-state index in [1.54, 1.807) is 6.92 Å². The number of aliphatic carboxylic acids is 1. The number of carbonyl (C=O) groups excluding carboxylic acids is 2. The minimum absolute atomic E-state index is 0.130. The molecule has 0 bridgehead atoms. The average molecular weight is 273 g/mol. The molecule has 1 aliphatic heterocycles. The van der Waals surface area contributed by atoms with Crippen molar-refractivity contribution in [2.45, 2.75) is 39.2 Å². The van der Waals surface area contributed by atoms with Gasteiger partial charge in [0.15, 0.2) is 0 Å². The molecule has 6 heteroatoms. The number of amides is 2. The summed E-state index contributed by atoms with van der Waals surface area (Å²) in [4.78, 5) is 35.3. The van der Waals surface area contributed by atoms with Gasteiger partial charge in [-0.1, -0.05) is 13.3 Å². The summed E-state index contributed by atoms with van der Waals surface area (Å²) < 4.78 is 0. The molecule has 0 aromatic rings. The number of rotatable bonds is 6. The van der Waals surface area contributed by atoms with Crippen LogP contribution >= 0.6 is 11.8 Å². The van der Waals surface area contributed by atoms with Crippen LogP contribution < -0.4 is 0 Å². The minimum atomic E-state index is -0.802. The van der Waals surface area contributed by atoms with E-state index in [4.69, 9.17) is 5.11 Å². The number of carbonyl (C=O) groups is 3. The Kier molecular flexibility index (Phi) is 5.65. The molecule has 1 N–H and O–H groups in total. The van der Waals surface area contributed by atoms with Crippen molar-refractivity contribution < 1.29 is 19.5 Å². The molecule has 102 valence electrons. The quantitative estimate of drug-likeness (QED) is 0.740. The van der Waals surface area contributed by atoms with Gasteiger partial charge in [-0.2, -0.15) is 0 Å². The number of carboxylic acid groups (broad SMARTS) is 1. The van der Waals surface area contributed by atoms with E-state index >= 15 is 0 Å². The Balaban J connectivity index is 2.40. The molecule has 1 fully saturated rings. The Morgan fingerprint density at radius 1 is 1.28 bits per heavy atom. The third kappa shape index (κ3) is 4.01. The second-order valence-electron chi connectivity index (χ2n) is 4.67. The van der Waals surface area contributed by atoms with Crippen LogP contribution in [0, 0.1) is 5.92 Å². The summed E-state index contributed by atoms with van der Waals surface area (Å²) in [7, 11) is 0. The average Bonchev–Trinajstić information content (AvgIpc) is 2.28. The highest BCUT2D eigenvalue weighted by atomic mass is 32.2. The third-order valence-electron chi connectivity index (χ3n) is 3.11. The van der Waals surface area contributed by atoms with Gasteiger partial charge in [-0.05, 0) is 19.8 Å². The lowest BCUT2D eigenvalue weighted by Gasteiger charge is -2.30. The molecule has 1 heterocycles. The standard InChI is InChI=1S/C12H19NO4S/c1-8(12(16)17)4-3-5-9(2)13-10(14)6-18-7-11(13)15/h8-9H,3-7H2,1-2H3,(H,16,17). The number of imide groups is 1. The highest BCUT2D eigenvalue weighted by Crippen LogP contribution is 2.19. The lowest BCUT2D eigenvalue weighted by molar-refractivity contribution is -0.145. The van der Waals surface area contributed by atoms with E-state index in [1.165, 1.54) is 16.7 Å². The van der Waals surface area contributed by atoms with Crippen molar-refractivity contribution in [1.82, 2.24) is 4.90 Å². The summed E-state index contributed by atoms with van der Waals surface area (Å²) >= 11 is 1.35. The van der Waals surface area contributed by atoms with Crippen LogP contribution in [0.1, 0.15) is 33.1 Å². The van der Waals surface area contributed by atoms with E-state index in [-0.39, 0.29) is 23.8 Å². The molecule has 1 saturated heterocycles. The fourth-order valence-electron chi connectivity index (χ4n) is 1.97. The molecule has 0 aromatic carbocycles. The second kappa shape index (κ2) is 6.78. The molecule has 2 atom stereocenters. The Morgan fingerprint density at radius 2 is 1.83 bits per heavy atom. The molecular formula is C12H19NO4S. The number of hydrogen-bond donors (Lipinski definition) is 1. The first kappa shape index (κ1) is 15.0. The smallest absolute Gasteiger partial charge is 0.306 e. The molecular weight excluding hydrogens is 254 g/mol. The summed E-state index contributed by atoms with van der Waals surface area (Å²) in [5.41, 5.74) is 0. The highest BCUT2D eigenvalue weighted by Gasteiger charge is 2.30. The van der Waals surface area contributed by atoms with Crippen molar-refractivity contribution in [3.8, 4) is 0 Å². The third-order valence-corrected chi connectivity index (χ3v) is 4.01. The minimum Gasteiger partial charge on any atom is -0.481 e. The SMILES string of the molecule is CC(CCCC(C)N1C(=O)CSCC1=O)C(=O)O. The first-order valence-corrected chi connectivity index (χ1v) is 7.24. The van der Waals surface area contributed by atoms with Crippen molar-refractivity contribution in [3.05, 3.63) is 0 Å². The van der Waals surface area contributed by atoms with Crippen LogP contribution in [-0.2, 0) is 14.4 Å². The fraction of sp³-hybridized carbons (Fsp3) is 0.750. The van der Waals surface area contributed by atoms with Gasteiger partial charge >= 0.3 is 5.97 Å². The maximum absolute atomic E-state index is 11.6. The Morgan fingerprint density at radius 3 is 2.33 bits per heavy atom. The van der Waals surface area contributed by atoms with Crippen LogP contribution in [0.25, 0.3) is 0 Å². The molecule has 1 rings (SSSR count). The van der Waals surface area contributed by atoms with E-state index in [9.17, 15) is 14.4 Å². The predicted molar refractivity (Wildman–Crippen MR) is 69.3 cm³/mol. The molecule has 2 amide bonds. The number of thioether (sulfide) groups is 1. The number of nitrogens with zero attached hydrogens (tertiary/aromatic N) is 1. The highest BCUT2D eigenvalue weighted by molar-refractivity contribution is 8.00. The summed E-state index contributed by atoms with van der Waals surface area (Å²) in [6.07, 6.45) is 1.95. The van der Waals surface area contributed by atoms with Gasteiger partial charge in [0.05, 0.1) is 17.4 Å². The van der Waals surface area contributed by atoms with E-state index in [0.717, 1.165) is 0 Å². The van der Waals surface area contributed by atoms with Gasteiger partial charge in [-0.15, -0.1) is 11.8 Å². The summed E-state index contributed by atoms with van der Waals surface area (Å²) in [6, 6.07) is -0.133. The summed E-state index contributed by atoms with van der Waals surface area (Å²) in [5, 5.41) is 8.76. The maximum atomic E-state index is 11.6. The lowest BCUT2D eigenvalue weighted by Crippen LogP contribution is -2.48. The lowest BCUT2D eigenvalue weighted by atomic mass is 10.0. The van der Waals surface area contributed by atoms with Crippen LogP contribution in [0.4, 0.5) is 0 Å². The second-order valence-corrected chi connectivity index (χ2v) is 5.66. The Hall–Kier alpha value is -1.04. The van der Waals surface area contributed by atoms with Crippen LogP contribution in [0.15, 0.2) is 0 Å². The van der Waals surface area contributed by atoms with Crippen molar-refractivity contribution in [2.24, 2.45) is 5.92 Å². The van der Waals surface area contributed by atoms with Crippen LogP contribution in [0.2, 0.25) is 0 Å². The van der Waals surface area contributed by atoms with E-state index < -0.39 is 5.97 Å². The molecule has 2 unspecified atom stereocenters. The summed E-state index contributed by atoms with van der Waals surface area (Å²) in [5.74, 6) is -0.710. The predicted octanol–water partition coefficient (Wildman–Crippen LogP) is 1.37. The Labute approximate surface area is 111 Å². The Bertz CT molecular complexity index is 329. The normalized spacial score (nSPS) is 19.8. The van der Waals surface area contributed by atoms with Gasteiger partial charge in [0.1, 0.15) is 0 Å². The molecule has 0 radical (unpaired) electrons. The van der Waals surface area contributed by atoms with Gasteiger partial charge in [-0.3, -0.25) is 19.3 Å². The molecule has 1 aliphatic rings. The van der Waals surface area contributed by atoms with Gasteiger partial charge in [0.25, 0.3) is 0 Å². The molecule has 5 nitrogen and oxygen atoms in total.